The first kappa shape index (κ1) is 16.3. The normalized spacial score (nSPS) is 12.1. The number of phenols is 1. The van der Waals surface area contributed by atoms with Crippen molar-refractivity contribution in [2.24, 2.45) is 0 Å². The molecule has 0 aliphatic carbocycles. The van der Waals surface area contributed by atoms with E-state index in [1.165, 1.54) is 36.4 Å². The van der Waals surface area contributed by atoms with Crippen molar-refractivity contribution in [1.29, 1.82) is 0 Å². The first-order valence-electron chi connectivity index (χ1n) is 6.14. The van der Waals surface area contributed by atoms with Gasteiger partial charge >= 0.3 is 10.1 Å². The van der Waals surface area contributed by atoms with Crippen molar-refractivity contribution in [2.75, 3.05) is 6.26 Å². The summed E-state index contributed by atoms with van der Waals surface area (Å²) in [6.45, 7) is 1.64. The maximum Gasteiger partial charge on any atom is 0.340 e. The maximum atomic E-state index is 12.4. The summed E-state index contributed by atoms with van der Waals surface area (Å²) in [6, 6.07) is 9.18. The van der Waals surface area contributed by atoms with Gasteiger partial charge in [0.1, 0.15) is 16.4 Å². The molecule has 2 aromatic rings. The van der Waals surface area contributed by atoms with Gasteiger partial charge in [-0.1, -0.05) is 12.1 Å². The topological polar surface area (TPSA) is 97.7 Å². The van der Waals surface area contributed by atoms with Crippen LogP contribution in [-0.4, -0.2) is 28.2 Å². The molecule has 2 rings (SSSR count). The Morgan fingerprint density at radius 1 is 0.955 bits per heavy atom. The van der Waals surface area contributed by atoms with E-state index in [1.54, 1.807) is 6.92 Å². The summed E-state index contributed by atoms with van der Waals surface area (Å²) in [6.07, 6.45) is 0.922. The molecule has 0 heterocycles. The van der Waals surface area contributed by atoms with E-state index in [9.17, 15) is 21.9 Å². The first-order chi connectivity index (χ1) is 10.1. The molecule has 0 saturated heterocycles. The van der Waals surface area contributed by atoms with Gasteiger partial charge in [0.15, 0.2) is 9.84 Å². The molecular formula is C14H14O6S2. The monoisotopic (exact) mass is 342 g/mol. The van der Waals surface area contributed by atoms with E-state index < -0.39 is 24.9 Å². The summed E-state index contributed by atoms with van der Waals surface area (Å²) < 4.78 is 53.2. The van der Waals surface area contributed by atoms with E-state index in [0.717, 1.165) is 12.3 Å². The van der Waals surface area contributed by atoms with Gasteiger partial charge in [0.05, 0.1) is 4.90 Å². The minimum atomic E-state index is -4.36. The van der Waals surface area contributed by atoms with E-state index in [2.05, 4.69) is 0 Å². The quantitative estimate of drug-likeness (QED) is 0.852. The fraction of sp³-hybridized carbons (Fsp3) is 0.143. The SMILES string of the molecule is Cc1ccc(S(C)(=O)=O)c(S(=O)(=O)Oc2cccc(O)c2)c1. The molecule has 0 aliphatic rings. The predicted molar refractivity (Wildman–Crippen MR) is 80.2 cm³/mol. The van der Waals surface area contributed by atoms with Gasteiger partial charge in [0.25, 0.3) is 0 Å². The van der Waals surface area contributed by atoms with Crippen LogP contribution in [0.1, 0.15) is 5.56 Å². The van der Waals surface area contributed by atoms with Crippen LogP contribution in [0.2, 0.25) is 0 Å². The van der Waals surface area contributed by atoms with Crippen molar-refractivity contribution < 1.29 is 26.1 Å². The molecule has 0 fully saturated rings. The number of sulfone groups is 1. The zero-order valence-corrected chi connectivity index (χ0v) is 13.5. The number of hydrogen-bond acceptors (Lipinski definition) is 6. The molecule has 0 aliphatic heterocycles. The summed E-state index contributed by atoms with van der Waals surface area (Å²) >= 11 is 0. The highest BCUT2D eigenvalue weighted by atomic mass is 32.2. The third kappa shape index (κ3) is 3.58. The molecule has 0 atom stereocenters. The Morgan fingerprint density at radius 3 is 2.23 bits per heavy atom. The lowest BCUT2D eigenvalue weighted by atomic mass is 10.2. The summed E-state index contributed by atoms with van der Waals surface area (Å²) in [5.41, 5.74) is 0.575. The van der Waals surface area contributed by atoms with Gasteiger partial charge in [0.2, 0.25) is 0 Å². The van der Waals surface area contributed by atoms with Gasteiger partial charge in [-0.15, -0.1) is 0 Å². The number of aromatic hydroxyl groups is 1. The second-order valence-electron chi connectivity index (χ2n) is 4.76. The zero-order chi connectivity index (χ0) is 16.5. The molecule has 22 heavy (non-hydrogen) atoms. The average Bonchev–Trinajstić information content (AvgIpc) is 2.36. The van der Waals surface area contributed by atoms with Crippen LogP contribution in [0, 0.1) is 6.92 Å². The lowest BCUT2D eigenvalue weighted by molar-refractivity contribution is 0.462. The second-order valence-corrected chi connectivity index (χ2v) is 8.26. The summed E-state index contributed by atoms with van der Waals surface area (Å²) in [4.78, 5) is -0.767. The van der Waals surface area contributed by atoms with Crippen molar-refractivity contribution >= 4 is 20.0 Å². The van der Waals surface area contributed by atoms with Gasteiger partial charge in [-0.25, -0.2) is 8.42 Å². The number of hydrogen-bond donors (Lipinski definition) is 1. The highest BCUT2D eigenvalue weighted by Gasteiger charge is 2.26. The molecule has 6 nitrogen and oxygen atoms in total. The molecule has 0 bridgehead atoms. The molecule has 0 aromatic heterocycles. The van der Waals surface area contributed by atoms with E-state index in [-0.39, 0.29) is 16.4 Å². The average molecular weight is 342 g/mol. The Labute approximate surface area is 129 Å². The number of benzene rings is 2. The van der Waals surface area contributed by atoms with Crippen molar-refractivity contribution in [3.8, 4) is 11.5 Å². The highest BCUT2D eigenvalue weighted by Crippen LogP contribution is 2.27. The van der Waals surface area contributed by atoms with Crippen LogP contribution in [0.5, 0.6) is 11.5 Å². The molecule has 1 N–H and O–H groups in total. The van der Waals surface area contributed by atoms with E-state index in [0.29, 0.717) is 5.56 Å². The van der Waals surface area contributed by atoms with Crippen molar-refractivity contribution in [2.45, 2.75) is 16.7 Å². The molecule has 2 aromatic carbocycles. The Kier molecular flexibility index (Phi) is 4.17. The Bertz CT molecular complexity index is 914. The fourth-order valence-electron chi connectivity index (χ4n) is 1.82. The zero-order valence-electron chi connectivity index (χ0n) is 11.8. The van der Waals surface area contributed by atoms with Crippen molar-refractivity contribution in [1.82, 2.24) is 0 Å². The minimum Gasteiger partial charge on any atom is -0.508 e. The first-order valence-corrected chi connectivity index (χ1v) is 9.44. The molecule has 8 heteroatoms. The van der Waals surface area contributed by atoms with Crippen LogP contribution in [0.15, 0.2) is 52.3 Å². The minimum absolute atomic E-state index is 0.110. The van der Waals surface area contributed by atoms with E-state index in [1.807, 2.05) is 0 Å². The van der Waals surface area contributed by atoms with Crippen LogP contribution < -0.4 is 4.18 Å². The lowest BCUT2D eigenvalue weighted by Crippen LogP contribution is -2.14. The van der Waals surface area contributed by atoms with Crippen LogP contribution in [0.4, 0.5) is 0 Å². The second kappa shape index (κ2) is 5.62. The van der Waals surface area contributed by atoms with Crippen LogP contribution in [-0.2, 0) is 20.0 Å². The van der Waals surface area contributed by atoms with Crippen LogP contribution in [0.3, 0.4) is 0 Å². The Morgan fingerprint density at radius 2 is 1.64 bits per heavy atom. The van der Waals surface area contributed by atoms with E-state index >= 15 is 0 Å². The number of phenolic OH excluding ortho intramolecular Hbond substituents is 1. The van der Waals surface area contributed by atoms with Gasteiger partial charge in [-0.3, -0.25) is 0 Å². The number of rotatable bonds is 4. The standard InChI is InChI=1S/C14H14O6S2/c1-10-6-7-13(21(2,16)17)14(8-10)22(18,19)20-12-5-3-4-11(15)9-12/h3-9,15H,1-2H3. The summed E-state index contributed by atoms with van der Waals surface area (Å²) in [7, 11) is -8.10. The molecule has 118 valence electrons. The van der Waals surface area contributed by atoms with Crippen LogP contribution >= 0.6 is 0 Å². The van der Waals surface area contributed by atoms with Gasteiger partial charge in [-0.2, -0.15) is 8.42 Å². The maximum absolute atomic E-state index is 12.4. The molecule has 0 unspecified atom stereocenters. The van der Waals surface area contributed by atoms with Crippen molar-refractivity contribution in [3.63, 3.8) is 0 Å². The molecule has 0 spiro atoms. The highest BCUT2D eigenvalue weighted by molar-refractivity contribution is 7.92. The number of aryl methyl sites for hydroxylation is 1. The predicted octanol–water partition coefficient (Wildman–Crippen LogP) is 1.87. The third-order valence-corrected chi connectivity index (χ3v) is 5.36. The van der Waals surface area contributed by atoms with Gasteiger partial charge in [-0.05, 0) is 36.8 Å². The Balaban J connectivity index is 2.57. The summed E-state index contributed by atoms with van der Waals surface area (Å²) in [5.74, 6) is -0.277. The fourth-order valence-corrected chi connectivity index (χ4v) is 4.42. The largest absolute Gasteiger partial charge is 0.508 e. The Hall–Kier alpha value is -2.06. The van der Waals surface area contributed by atoms with Gasteiger partial charge < -0.3 is 9.29 Å². The smallest absolute Gasteiger partial charge is 0.340 e. The van der Waals surface area contributed by atoms with Crippen LogP contribution in [0.25, 0.3) is 0 Å². The molecule has 0 saturated carbocycles. The molecule has 0 radical (unpaired) electrons. The molecular weight excluding hydrogens is 328 g/mol. The lowest BCUT2D eigenvalue weighted by Gasteiger charge is -2.11. The van der Waals surface area contributed by atoms with Crippen molar-refractivity contribution in [3.05, 3.63) is 48.0 Å². The van der Waals surface area contributed by atoms with Gasteiger partial charge in [0, 0.05) is 12.3 Å². The molecule has 0 amide bonds. The third-order valence-electron chi connectivity index (χ3n) is 2.79. The van der Waals surface area contributed by atoms with E-state index in [4.69, 9.17) is 4.18 Å². The summed E-state index contributed by atoms with van der Waals surface area (Å²) in [5, 5.41) is 9.34.